The number of benzene rings is 7. The molecule has 0 aliphatic rings. The number of pyridine rings is 3. The third kappa shape index (κ3) is 4.69. The summed E-state index contributed by atoms with van der Waals surface area (Å²) < 4.78 is 6.42. The fraction of sp³-hybridized carbons (Fsp3) is 0.222. The van der Waals surface area contributed by atoms with Gasteiger partial charge in [0.25, 0.3) is 22.2 Å². The number of aromatic nitrogens is 6. The zero-order chi connectivity index (χ0) is 44.4. The molecule has 0 aliphatic heterocycles. The molecule has 0 bridgehead atoms. The van der Waals surface area contributed by atoms with Crippen LogP contribution in [0.2, 0.25) is 0 Å². The Morgan fingerprint density at radius 2 is 0.906 bits per heavy atom. The minimum Gasteiger partial charge on any atom is -0.268 e. The Morgan fingerprint density at radius 3 is 1.45 bits per heavy atom. The van der Waals surface area contributed by atoms with E-state index in [1.54, 1.807) is 17.1 Å². The third-order valence-corrected chi connectivity index (χ3v) is 13.9. The van der Waals surface area contributed by atoms with Gasteiger partial charge in [-0.25, -0.2) is 18.3 Å². The van der Waals surface area contributed by atoms with Gasteiger partial charge in [-0.05, 0) is 87.7 Å². The van der Waals surface area contributed by atoms with Crippen LogP contribution in [0.5, 0.6) is 0 Å². The van der Waals surface area contributed by atoms with Crippen molar-refractivity contribution in [1.82, 2.24) is 28.5 Å². The van der Waals surface area contributed by atoms with E-state index in [1.807, 2.05) is 89.6 Å². The summed E-state index contributed by atoms with van der Waals surface area (Å²) in [4.78, 5) is 61.5. The molecule has 12 rings (SSSR count). The maximum Gasteiger partial charge on any atom is 0.266 e. The number of hydrogen-bond donors (Lipinski definition) is 0. The topological polar surface area (TPSA) is 113 Å². The van der Waals surface area contributed by atoms with Gasteiger partial charge in [0, 0.05) is 66.3 Å². The fourth-order valence-electron chi connectivity index (χ4n) is 11.1. The molecular weight excluding hydrogens is 797 g/mol. The zero-order valence-electron chi connectivity index (χ0n) is 36.9. The molecule has 10 nitrogen and oxygen atoms in total. The van der Waals surface area contributed by atoms with Crippen LogP contribution >= 0.6 is 0 Å². The highest BCUT2D eigenvalue weighted by Gasteiger charge is 2.31. The highest BCUT2D eigenvalue weighted by atomic mass is 16.2. The lowest BCUT2D eigenvalue weighted by atomic mass is 9.83. The first-order chi connectivity index (χ1) is 30.8. The van der Waals surface area contributed by atoms with Crippen LogP contribution in [-0.4, -0.2) is 28.5 Å². The van der Waals surface area contributed by atoms with Crippen molar-refractivity contribution in [3.63, 3.8) is 0 Å². The number of para-hydroxylation sites is 2. The second kappa shape index (κ2) is 13.0. The van der Waals surface area contributed by atoms with E-state index in [0.717, 1.165) is 65.5 Å². The minimum atomic E-state index is -0.400. The van der Waals surface area contributed by atoms with Crippen molar-refractivity contribution < 1.29 is 0 Å². The average molecular weight is 841 g/mol. The quantitative estimate of drug-likeness (QED) is 0.117. The Labute approximate surface area is 365 Å². The number of fused-ring (bicyclic) bond motifs is 4. The van der Waals surface area contributed by atoms with Gasteiger partial charge < -0.3 is 0 Å². The van der Waals surface area contributed by atoms with Crippen LogP contribution in [0.25, 0.3) is 98.1 Å². The summed E-state index contributed by atoms with van der Waals surface area (Å²) in [6.45, 7) is 16.7. The van der Waals surface area contributed by atoms with E-state index >= 15 is 19.2 Å². The van der Waals surface area contributed by atoms with E-state index in [-0.39, 0.29) is 34.8 Å². The van der Waals surface area contributed by atoms with Crippen LogP contribution < -0.4 is 22.2 Å². The molecule has 5 heterocycles. The molecule has 10 heteroatoms. The SMILES string of the molecule is CC(C)c1cccc(C(C)C)c1-n1c(=O)c2ccc3c4c(-n5cccn5)cc5c(=O)n(-c6c(C(C)C)cccc6C(C)C)c(=O)c6cc7c(c4c56)c4c3c2c(cc4n2nccc72)c1=O. The highest BCUT2D eigenvalue weighted by molar-refractivity contribution is 6.47. The molecule has 0 aliphatic carbocycles. The smallest absolute Gasteiger partial charge is 0.266 e. The zero-order valence-corrected chi connectivity index (χ0v) is 36.9. The molecule has 12 aromatic rings. The summed E-state index contributed by atoms with van der Waals surface area (Å²) in [6, 6.07) is 25.3. The molecule has 0 atom stereocenters. The molecule has 0 radical (unpaired) electrons. The van der Waals surface area contributed by atoms with Crippen LogP contribution in [0.4, 0.5) is 0 Å². The first-order valence-corrected chi connectivity index (χ1v) is 22.2. The molecule has 0 fully saturated rings. The maximum atomic E-state index is 15.4. The lowest BCUT2D eigenvalue weighted by Gasteiger charge is -2.25. The van der Waals surface area contributed by atoms with Crippen LogP contribution in [-0.2, 0) is 0 Å². The van der Waals surface area contributed by atoms with E-state index < -0.39 is 11.1 Å². The van der Waals surface area contributed by atoms with Gasteiger partial charge in [0.05, 0.1) is 45.1 Å². The monoisotopic (exact) mass is 840 g/mol. The molecule has 0 spiro atoms. The van der Waals surface area contributed by atoms with Gasteiger partial charge >= 0.3 is 0 Å². The van der Waals surface area contributed by atoms with Crippen molar-refractivity contribution in [2.45, 2.75) is 79.1 Å². The molecular formula is C54H44N6O4. The largest absolute Gasteiger partial charge is 0.268 e. The molecule has 0 saturated heterocycles. The molecule has 0 saturated carbocycles. The third-order valence-electron chi connectivity index (χ3n) is 13.9. The second-order valence-corrected chi connectivity index (χ2v) is 18.8. The van der Waals surface area contributed by atoms with Crippen LogP contribution in [0.3, 0.4) is 0 Å². The van der Waals surface area contributed by atoms with Gasteiger partial charge in [0.1, 0.15) is 0 Å². The van der Waals surface area contributed by atoms with Crippen molar-refractivity contribution in [3.8, 4) is 17.1 Å². The normalized spacial score (nSPS) is 12.9. The number of rotatable bonds is 7. The van der Waals surface area contributed by atoms with Crippen molar-refractivity contribution in [2.24, 2.45) is 0 Å². The lowest BCUT2D eigenvalue weighted by molar-refractivity contribution is 0.792. The van der Waals surface area contributed by atoms with E-state index in [0.29, 0.717) is 54.9 Å². The maximum absolute atomic E-state index is 15.4. The van der Waals surface area contributed by atoms with Gasteiger partial charge in [-0.3, -0.25) is 19.2 Å². The summed E-state index contributed by atoms with van der Waals surface area (Å²) in [5.74, 6) is 0.159. The molecule has 0 unspecified atom stereocenters. The molecule has 7 aromatic carbocycles. The predicted molar refractivity (Wildman–Crippen MR) is 260 cm³/mol. The number of hydrogen-bond acceptors (Lipinski definition) is 6. The summed E-state index contributed by atoms with van der Waals surface area (Å²) in [5.41, 5.74) is 5.48. The predicted octanol–water partition coefficient (Wildman–Crippen LogP) is 10.9. The van der Waals surface area contributed by atoms with Crippen LogP contribution in [0, 0.1) is 0 Å². The van der Waals surface area contributed by atoms with Gasteiger partial charge in [0.2, 0.25) is 0 Å². The molecule has 64 heavy (non-hydrogen) atoms. The summed E-state index contributed by atoms with van der Waals surface area (Å²) in [5, 5.41) is 17.9. The van der Waals surface area contributed by atoms with Crippen molar-refractivity contribution in [1.29, 1.82) is 0 Å². The second-order valence-electron chi connectivity index (χ2n) is 18.8. The summed E-state index contributed by atoms with van der Waals surface area (Å²) in [6.07, 6.45) is 5.29. The Hall–Kier alpha value is -7.46. The summed E-state index contributed by atoms with van der Waals surface area (Å²) >= 11 is 0. The Morgan fingerprint density at radius 1 is 0.406 bits per heavy atom. The highest BCUT2D eigenvalue weighted by Crippen LogP contribution is 2.50. The van der Waals surface area contributed by atoms with Crippen LogP contribution in [0.15, 0.2) is 117 Å². The van der Waals surface area contributed by atoms with Crippen LogP contribution in [0.1, 0.15) is 101 Å². The standard InChI is InChI=1S/C54H44N6O4/c1-25(2)29-12-9-13-30(26(3)4)49(29)58-51(61)34-17-16-33-44-40(57-21-11-19-55-57)23-37-43-36(52(62)59(53(37)63)50-31(27(5)6)14-10-15-32(50)28(7)8)22-35-39-18-20-56-60(39)41-24-38(54(58)64)42(34)45(33)47(41)46(35)48(43)44/h9-28H,1-8H3. The summed E-state index contributed by atoms with van der Waals surface area (Å²) in [7, 11) is 0. The average Bonchev–Trinajstić information content (AvgIpc) is 4.01. The van der Waals surface area contributed by atoms with E-state index in [1.165, 1.54) is 9.13 Å². The van der Waals surface area contributed by atoms with E-state index in [2.05, 4.69) is 55.4 Å². The van der Waals surface area contributed by atoms with Crippen molar-refractivity contribution in [3.05, 3.63) is 161 Å². The first-order valence-electron chi connectivity index (χ1n) is 22.2. The van der Waals surface area contributed by atoms with E-state index in [9.17, 15) is 0 Å². The molecule has 0 N–H and O–H groups in total. The molecule has 0 amide bonds. The minimum absolute atomic E-state index is 0.0336. The van der Waals surface area contributed by atoms with Gasteiger partial charge in [-0.2, -0.15) is 10.2 Å². The first kappa shape index (κ1) is 38.2. The van der Waals surface area contributed by atoms with Crippen molar-refractivity contribution in [2.75, 3.05) is 0 Å². The Kier molecular flexibility index (Phi) is 7.79. The number of nitrogens with zero attached hydrogens (tertiary/aromatic N) is 6. The molecule has 5 aromatic heterocycles. The molecule has 314 valence electrons. The Balaban J connectivity index is 1.35. The van der Waals surface area contributed by atoms with Gasteiger partial charge in [-0.1, -0.05) is 97.9 Å². The van der Waals surface area contributed by atoms with E-state index in [4.69, 9.17) is 10.2 Å². The lowest BCUT2D eigenvalue weighted by Crippen LogP contribution is -2.34. The van der Waals surface area contributed by atoms with Crippen molar-refractivity contribution >= 4 is 81.1 Å². The Bertz CT molecular complexity index is 4120. The van der Waals surface area contributed by atoms with Gasteiger partial charge in [-0.15, -0.1) is 0 Å². The fourth-order valence-corrected chi connectivity index (χ4v) is 11.1. The van der Waals surface area contributed by atoms with Gasteiger partial charge in [0.15, 0.2) is 0 Å².